The summed E-state index contributed by atoms with van der Waals surface area (Å²) in [5, 5.41) is 0. The fraction of sp³-hybridized carbons (Fsp3) is 0.600. The van der Waals surface area contributed by atoms with Gasteiger partial charge in [0.15, 0.2) is 9.84 Å². The second-order valence-electron chi connectivity index (χ2n) is 5.72. The van der Waals surface area contributed by atoms with Crippen LogP contribution in [-0.2, 0) is 20.1 Å². The number of ether oxygens (including phenoxy) is 1. The summed E-state index contributed by atoms with van der Waals surface area (Å²) in [5.41, 5.74) is 6.45. The molecule has 0 spiro atoms. The first kappa shape index (κ1) is 16.4. The maximum Gasteiger partial charge on any atom is 0.178 e. The van der Waals surface area contributed by atoms with Crippen LogP contribution >= 0.6 is 0 Å². The van der Waals surface area contributed by atoms with Gasteiger partial charge in [-0.25, -0.2) is 8.42 Å². The molecule has 2 atom stereocenters. The van der Waals surface area contributed by atoms with Gasteiger partial charge in [0, 0.05) is 19.7 Å². The molecule has 0 saturated heterocycles. The van der Waals surface area contributed by atoms with Crippen LogP contribution in [0.25, 0.3) is 0 Å². The fourth-order valence-electron chi connectivity index (χ4n) is 3.17. The number of hydrogen-bond acceptors (Lipinski definition) is 5. The van der Waals surface area contributed by atoms with Gasteiger partial charge in [0.2, 0.25) is 0 Å². The lowest BCUT2D eigenvalue weighted by molar-refractivity contribution is 0.0306. The molecule has 2 unspecified atom stereocenters. The molecule has 5 nitrogen and oxygen atoms in total. The Kier molecular flexibility index (Phi) is 4.72. The SMILES string of the molecule is COCC(C)N(C)C1(CN)CCS(=O)(=O)c2ccccc21. The molecule has 1 aliphatic rings. The third-order valence-electron chi connectivity index (χ3n) is 4.59. The van der Waals surface area contributed by atoms with Crippen LogP contribution in [0, 0.1) is 0 Å². The Bertz CT molecular complexity index is 603. The summed E-state index contributed by atoms with van der Waals surface area (Å²) < 4.78 is 29.9. The van der Waals surface area contributed by atoms with Crippen molar-refractivity contribution in [1.29, 1.82) is 0 Å². The van der Waals surface area contributed by atoms with E-state index in [1.165, 1.54) is 0 Å². The molecule has 0 fully saturated rings. The van der Waals surface area contributed by atoms with Crippen molar-refractivity contribution >= 4 is 9.84 Å². The van der Waals surface area contributed by atoms with E-state index in [0.717, 1.165) is 5.56 Å². The maximum absolute atomic E-state index is 12.3. The van der Waals surface area contributed by atoms with Gasteiger partial charge in [-0.1, -0.05) is 18.2 Å². The van der Waals surface area contributed by atoms with E-state index in [-0.39, 0.29) is 11.8 Å². The molecule has 0 aliphatic carbocycles. The molecule has 0 bridgehead atoms. The minimum atomic E-state index is -3.21. The van der Waals surface area contributed by atoms with Gasteiger partial charge in [-0.05, 0) is 32.0 Å². The van der Waals surface area contributed by atoms with Crippen LogP contribution in [0.5, 0.6) is 0 Å². The van der Waals surface area contributed by atoms with Crippen molar-refractivity contribution in [2.24, 2.45) is 5.73 Å². The maximum atomic E-state index is 12.3. The molecule has 118 valence electrons. The lowest BCUT2D eigenvalue weighted by Crippen LogP contribution is -2.56. The summed E-state index contributed by atoms with van der Waals surface area (Å²) in [6.07, 6.45) is 0.507. The normalized spacial score (nSPS) is 25.6. The Hall–Kier alpha value is -0.950. The van der Waals surface area contributed by atoms with Crippen LogP contribution in [0.3, 0.4) is 0 Å². The number of benzene rings is 1. The molecule has 0 amide bonds. The predicted molar refractivity (Wildman–Crippen MR) is 82.9 cm³/mol. The van der Waals surface area contributed by atoms with Crippen molar-refractivity contribution in [1.82, 2.24) is 4.90 Å². The third-order valence-corrected chi connectivity index (χ3v) is 6.36. The lowest BCUT2D eigenvalue weighted by Gasteiger charge is -2.47. The van der Waals surface area contributed by atoms with Crippen LogP contribution in [-0.4, -0.2) is 52.4 Å². The van der Waals surface area contributed by atoms with E-state index in [0.29, 0.717) is 24.5 Å². The molecule has 6 heteroatoms. The Morgan fingerprint density at radius 2 is 2.10 bits per heavy atom. The standard InChI is InChI=1S/C15H24N2O3S/c1-12(10-20-3)17(2)15(11-16)8-9-21(18,19)14-7-5-4-6-13(14)15/h4-7,12H,8-11,16H2,1-3H3. The van der Waals surface area contributed by atoms with Gasteiger partial charge in [0.25, 0.3) is 0 Å². The number of nitrogens with two attached hydrogens (primary N) is 1. The molecular weight excluding hydrogens is 288 g/mol. The number of fused-ring (bicyclic) bond motifs is 1. The Morgan fingerprint density at radius 3 is 2.71 bits per heavy atom. The quantitative estimate of drug-likeness (QED) is 0.877. The lowest BCUT2D eigenvalue weighted by atomic mass is 9.84. The second-order valence-corrected chi connectivity index (χ2v) is 7.79. The van der Waals surface area contributed by atoms with E-state index < -0.39 is 15.4 Å². The van der Waals surface area contributed by atoms with E-state index in [1.54, 1.807) is 19.2 Å². The molecule has 1 heterocycles. The fourth-order valence-corrected chi connectivity index (χ4v) is 4.87. The van der Waals surface area contributed by atoms with Crippen molar-refractivity contribution in [3.8, 4) is 0 Å². The van der Waals surface area contributed by atoms with Crippen molar-refractivity contribution in [2.75, 3.05) is 33.1 Å². The topological polar surface area (TPSA) is 72.6 Å². The Balaban J connectivity index is 2.55. The zero-order valence-electron chi connectivity index (χ0n) is 12.9. The summed E-state index contributed by atoms with van der Waals surface area (Å²) in [6, 6.07) is 7.35. The zero-order chi connectivity index (χ0) is 15.7. The van der Waals surface area contributed by atoms with Crippen molar-refractivity contribution in [3.05, 3.63) is 29.8 Å². The van der Waals surface area contributed by atoms with Gasteiger partial charge >= 0.3 is 0 Å². The highest BCUT2D eigenvalue weighted by molar-refractivity contribution is 7.91. The molecule has 0 aromatic heterocycles. The number of rotatable bonds is 5. The largest absolute Gasteiger partial charge is 0.383 e. The number of sulfone groups is 1. The van der Waals surface area contributed by atoms with Gasteiger partial charge < -0.3 is 10.5 Å². The molecule has 1 aromatic carbocycles. The zero-order valence-corrected chi connectivity index (χ0v) is 13.7. The molecular formula is C15H24N2O3S. The highest BCUT2D eigenvalue weighted by Crippen LogP contribution is 2.40. The molecule has 0 saturated carbocycles. The predicted octanol–water partition coefficient (Wildman–Crippen LogP) is 0.985. The first-order valence-corrected chi connectivity index (χ1v) is 8.78. The first-order valence-electron chi connectivity index (χ1n) is 7.13. The Labute approximate surface area is 127 Å². The van der Waals surface area contributed by atoms with Crippen LogP contribution in [0.2, 0.25) is 0 Å². The van der Waals surface area contributed by atoms with Crippen LogP contribution in [0.4, 0.5) is 0 Å². The molecule has 0 radical (unpaired) electrons. The summed E-state index contributed by atoms with van der Waals surface area (Å²) >= 11 is 0. The van der Waals surface area contributed by atoms with Crippen LogP contribution in [0.1, 0.15) is 18.9 Å². The number of likely N-dealkylation sites (N-methyl/N-ethyl adjacent to an activating group) is 1. The summed E-state index contributed by atoms with van der Waals surface area (Å²) in [6.45, 7) is 3.02. The summed E-state index contributed by atoms with van der Waals surface area (Å²) in [4.78, 5) is 2.57. The molecule has 2 N–H and O–H groups in total. The van der Waals surface area contributed by atoms with Gasteiger partial charge in [0.1, 0.15) is 0 Å². The average Bonchev–Trinajstić information content (AvgIpc) is 2.48. The molecule has 2 rings (SSSR count). The average molecular weight is 312 g/mol. The minimum Gasteiger partial charge on any atom is -0.383 e. The van der Waals surface area contributed by atoms with Gasteiger partial charge in [0.05, 0.1) is 22.8 Å². The van der Waals surface area contributed by atoms with E-state index in [4.69, 9.17) is 10.5 Å². The summed E-state index contributed by atoms with van der Waals surface area (Å²) in [7, 11) is 0.449. The van der Waals surface area contributed by atoms with Gasteiger partial charge in [-0.2, -0.15) is 0 Å². The first-order chi connectivity index (χ1) is 9.89. The highest BCUT2D eigenvalue weighted by Gasteiger charge is 2.45. The number of methoxy groups -OCH3 is 1. The second kappa shape index (κ2) is 6.04. The summed E-state index contributed by atoms with van der Waals surface area (Å²) in [5.74, 6) is 0.130. The Morgan fingerprint density at radius 1 is 1.43 bits per heavy atom. The number of nitrogens with zero attached hydrogens (tertiary/aromatic N) is 1. The van der Waals surface area contributed by atoms with Gasteiger partial charge in [-0.3, -0.25) is 4.90 Å². The molecule has 21 heavy (non-hydrogen) atoms. The van der Waals surface area contributed by atoms with Crippen LogP contribution < -0.4 is 5.73 Å². The van der Waals surface area contributed by atoms with Crippen molar-refractivity contribution in [2.45, 2.75) is 29.8 Å². The highest BCUT2D eigenvalue weighted by atomic mass is 32.2. The van der Waals surface area contributed by atoms with Gasteiger partial charge in [-0.15, -0.1) is 0 Å². The van der Waals surface area contributed by atoms with E-state index in [2.05, 4.69) is 11.8 Å². The van der Waals surface area contributed by atoms with E-state index in [9.17, 15) is 8.42 Å². The van der Waals surface area contributed by atoms with E-state index in [1.807, 2.05) is 19.2 Å². The third kappa shape index (κ3) is 2.73. The van der Waals surface area contributed by atoms with Crippen molar-refractivity contribution in [3.63, 3.8) is 0 Å². The van der Waals surface area contributed by atoms with Crippen molar-refractivity contribution < 1.29 is 13.2 Å². The minimum absolute atomic E-state index is 0.130. The smallest absolute Gasteiger partial charge is 0.178 e. The molecule has 1 aromatic rings. The van der Waals surface area contributed by atoms with E-state index >= 15 is 0 Å². The molecule has 1 aliphatic heterocycles. The monoisotopic (exact) mass is 312 g/mol. The number of hydrogen-bond donors (Lipinski definition) is 1. The van der Waals surface area contributed by atoms with Crippen LogP contribution in [0.15, 0.2) is 29.2 Å².